The number of allylic oxidation sites excluding steroid dienone is 1. The van der Waals surface area contributed by atoms with E-state index in [9.17, 15) is 0 Å². The Morgan fingerprint density at radius 3 is 2.70 bits per heavy atom. The summed E-state index contributed by atoms with van der Waals surface area (Å²) in [7, 11) is 0. The molecule has 1 aliphatic heterocycles. The molecule has 2 unspecified atom stereocenters. The Labute approximate surface area is 163 Å². The standard InChI is InChI=1S/C23H33NO3/c1-4-6-20-17(3)13-21(23(20)24)27-22-8-5-7-19(26-22)15-25-14-18-11-9-16(2)10-12-18/h4,6,9-12,19,21-23H,5,7-8,13-15,24H2,1-3H3/b6-4-/t19?,21-,22?,23+/m1/s1. The molecule has 1 aliphatic carbocycles. The molecule has 148 valence electrons. The number of nitrogens with two attached hydrogens (primary N) is 1. The molecular formula is C23H33NO3. The zero-order chi connectivity index (χ0) is 19.2. The highest BCUT2D eigenvalue weighted by Gasteiger charge is 2.33. The van der Waals surface area contributed by atoms with Gasteiger partial charge >= 0.3 is 0 Å². The minimum Gasteiger partial charge on any atom is -0.374 e. The van der Waals surface area contributed by atoms with Crippen molar-refractivity contribution in [2.24, 2.45) is 5.73 Å². The van der Waals surface area contributed by atoms with E-state index in [1.54, 1.807) is 0 Å². The Balaban J connectivity index is 1.43. The molecule has 0 spiro atoms. The van der Waals surface area contributed by atoms with E-state index in [0.717, 1.165) is 25.7 Å². The smallest absolute Gasteiger partial charge is 0.158 e. The van der Waals surface area contributed by atoms with E-state index in [1.807, 2.05) is 13.0 Å². The van der Waals surface area contributed by atoms with E-state index in [0.29, 0.717) is 13.2 Å². The van der Waals surface area contributed by atoms with Gasteiger partial charge in [0.1, 0.15) is 0 Å². The van der Waals surface area contributed by atoms with Crippen molar-refractivity contribution in [1.29, 1.82) is 0 Å². The summed E-state index contributed by atoms with van der Waals surface area (Å²) >= 11 is 0. The van der Waals surface area contributed by atoms with Gasteiger partial charge in [-0.3, -0.25) is 0 Å². The van der Waals surface area contributed by atoms with Crippen LogP contribution in [0.2, 0.25) is 0 Å². The van der Waals surface area contributed by atoms with Gasteiger partial charge in [-0.25, -0.2) is 0 Å². The van der Waals surface area contributed by atoms with Gasteiger partial charge in [0.2, 0.25) is 0 Å². The Bertz CT molecular complexity index is 665. The average Bonchev–Trinajstić information content (AvgIpc) is 2.91. The van der Waals surface area contributed by atoms with E-state index in [2.05, 4.69) is 44.2 Å². The average molecular weight is 372 g/mol. The van der Waals surface area contributed by atoms with Gasteiger partial charge in [-0.05, 0) is 57.6 Å². The van der Waals surface area contributed by atoms with Crippen LogP contribution in [0.1, 0.15) is 50.7 Å². The Morgan fingerprint density at radius 2 is 1.96 bits per heavy atom. The summed E-state index contributed by atoms with van der Waals surface area (Å²) in [5.74, 6) is 0. The van der Waals surface area contributed by atoms with Crippen LogP contribution in [0.3, 0.4) is 0 Å². The maximum Gasteiger partial charge on any atom is 0.158 e. The monoisotopic (exact) mass is 371 g/mol. The predicted molar refractivity (Wildman–Crippen MR) is 108 cm³/mol. The molecule has 4 nitrogen and oxygen atoms in total. The molecule has 1 heterocycles. The molecule has 4 atom stereocenters. The van der Waals surface area contributed by atoms with Gasteiger partial charge in [0.25, 0.3) is 0 Å². The SMILES string of the molecule is C/C=C\C1=C(C)C[C@@H](OC2CCCC(COCc3ccc(C)cc3)O2)[C@H]1N. The summed E-state index contributed by atoms with van der Waals surface area (Å²) in [6.07, 6.45) is 7.99. The fraction of sp³-hybridized carbons (Fsp3) is 0.565. The Hall–Kier alpha value is -1.46. The third-order valence-electron chi connectivity index (χ3n) is 5.44. The molecule has 0 saturated carbocycles. The van der Waals surface area contributed by atoms with Gasteiger partial charge < -0.3 is 19.9 Å². The first-order valence-electron chi connectivity index (χ1n) is 10.1. The van der Waals surface area contributed by atoms with Crippen molar-refractivity contribution >= 4 is 0 Å². The number of hydrogen-bond donors (Lipinski definition) is 1. The number of aryl methyl sites for hydroxylation is 1. The van der Waals surface area contributed by atoms with E-state index in [1.165, 1.54) is 22.3 Å². The topological polar surface area (TPSA) is 53.7 Å². The van der Waals surface area contributed by atoms with Crippen LogP contribution in [0, 0.1) is 6.92 Å². The zero-order valence-electron chi connectivity index (χ0n) is 16.8. The summed E-state index contributed by atoms with van der Waals surface area (Å²) in [5, 5.41) is 0. The van der Waals surface area contributed by atoms with Gasteiger partial charge in [0, 0.05) is 0 Å². The van der Waals surface area contributed by atoms with Crippen LogP contribution in [0.25, 0.3) is 0 Å². The van der Waals surface area contributed by atoms with Gasteiger partial charge in [-0.15, -0.1) is 0 Å². The van der Waals surface area contributed by atoms with Gasteiger partial charge in [0.05, 0.1) is 31.5 Å². The molecule has 1 aromatic carbocycles. The Morgan fingerprint density at radius 1 is 1.19 bits per heavy atom. The molecule has 1 saturated heterocycles. The summed E-state index contributed by atoms with van der Waals surface area (Å²) in [6.45, 7) is 7.48. The molecule has 2 N–H and O–H groups in total. The van der Waals surface area contributed by atoms with Gasteiger partial charge in [-0.2, -0.15) is 0 Å². The molecule has 0 bridgehead atoms. The first-order valence-corrected chi connectivity index (χ1v) is 10.1. The lowest BCUT2D eigenvalue weighted by Crippen LogP contribution is -2.40. The third-order valence-corrected chi connectivity index (χ3v) is 5.44. The van der Waals surface area contributed by atoms with Crippen molar-refractivity contribution in [3.8, 4) is 0 Å². The fourth-order valence-electron chi connectivity index (χ4n) is 3.87. The summed E-state index contributed by atoms with van der Waals surface area (Å²) in [5.41, 5.74) is 11.4. The summed E-state index contributed by atoms with van der Waals surface area (Å²) < 4.78 is 18.3. The predicted octanol–water partition coefficient (Wildman–Crippen LogP) is 4.42. The first kappa shape index (κ1) is 20.3. The van der Waals surface area contributed by atoms with Crippen molar-refractivity contribution < 1.29 is 14.2 Å². The lowest BCUT2D eigenvalue weighted by atomic mass is 10.1. The molecular weight excluding hydrogens is 338 g/mol. The molecule has 3 rings (SSSR count). The van der Waals surface area contributed by atoms with Crippen LogP contribution >= 0.6 is 0 Å². The van der Waals surface area contributed by atoms with Crippen molar-refractivity contribution in [2.75, 3.05) is 6.61 Å². The molecule has 2 aliphatic rings. The van der Waals surface area contributed by atoms with Crippen LogP contribution in [0.15, 0.2) is 47.6 Å². The lowest BCUT2D eigenvalue weighted by Gasteiger charge is -2.32. The van der Waals surface area contributed by atoms with Gasteiger partial charge in [-0.1, -0.05) is 47.6 Å². The molecule has 1 aromatic rings. The maximum atomic E-state index is 6.39. The van der Waals surface area contributed by atoms with Crippen LogP contribution in [0.4, 0.5) is 0 Å². The minimum atomic E-state index is -0.180. The van der Waals surface area contributed by atoms with Crippen molar-refractivity contribution in [1.82, 2.24) is 0 Å². The molecule has 1 fully saturated rings. The summed E-state index contributed by atoms with van der Waals surface area (Å²) in [6, 6.07) is 8.39. The minimum absolute atomic E-state index is 0.00780. The largest absolute Gasteiger partial charge is 0.374 e. The third kappa shape index (κ3) is 5.52. The molecule has 0 radical (unpaired) electrons. The second-order valence-electron chi connectivity index (χ2n) is 7.76. The van der Waals surface area contributed by atoms with E-state index in [4.69, 9.17) is 19.9 Å². The molecule has 27 heavy (non-hydrogen) atoms. The molecule has 4 heteroatoms. The number of ether oxygens (including phenoxy) is 3. The van der Waals surface area contributed by atoms with Crippen LogP contribution in [-0.2, 0) is 20.8 Å². The van der Waals surface area contributed by atoms with E-state index < -0.39 is 0 Å². The Kier molecular flexibility index (Phi) is 7.25. The van der Waals surface area contributed by atoms with E-state index in [-0.39, 0.29) is 24.5 Å². The first-order chi connectivity index (χ1) is 13.1. The van der Waals surface area contributed by atoms with Crippen molar-refractivity contribution in [3.63, 3.8) is 0 Å². The van der Waals surface area contributed by atoms with E-state index >= 15 is 0 Å². The lowest BCUT2D eigenvalue weighted by molar-refractivity contribution is -0.224. The van der Waals surface area contributed by atoms with Crippen LogP contribution in [-0.4, -0.2) is 31.1 Å². The van der Waals surface area contributed by atoms with Crippen LogP contribution in [0.5, 0.6) is 0 Å². The van der Waals surface area contributed by atoms with Crippen LogP contribution < -0.4 is 5.73 Å². The second-order valence-corrected chi connectivity index (χ2v) is 7.76. The highest BCUT2D eigenvalue weighted by molar-refractivity contribution is 5.36. The fourth-order valence-corrected chi connectivity index (χ4v) is 3.87. The zero-order valence-corrected chi connectivity index (χ0v) is 16.8. The van der Waals surface area contributed by atoms with Gasteiger partial charge in [0.15, 0.2) is 6.29 Å². The second kappa shape index (κ2) is 9.65. The highest BCUT2D eigenvalue weighted by Crippen LogP contribution is 2.31. The number of rotatable bonds is 7. The molecule has 0 aromatic heterocycles. The quantitative estimate of drug-likeness (QED) is 0.771. The van der Waals surface area contributed by atoms with Crippen molar-refractivity contribution in [2.45, 2.75) is 77.6 Å². The molecule has 0 amide bonds. The maximum absolute atomic E-state index is 6.39. The number of benzene rings is 1. The number of hydrogen-bond acceptors (Lipinski definition) is 4. The van der Waals surface area contributed by atoms with Crippen molar-refractivity contribution in [3.05, 3.63) is 58.7 Å². The normalized spacial score (nSPS) is 29.0. The highest BCUT2D eigenvalue weighted by atomic mass is 16.7. The summed E-state index contributed by atoms with van der Waals surface area (Å²) in [4.78, 5) is 0.